The van der Waals surface area contributed by atoms with Crippen LogP contribution in [0, 0.1) is 6.92 Å². The molecular formula is C12H20N4. The normalized spacial score (nSPS) is 17.4. The molecule has 0 aliphatic carbocycles. The van der Waals surface area contributed by atoms with Crippen molar-refractivity contribution >= 4 is 5.82 Å². The average molecular weight is 220 g/mol. The second kappa shape index (κ2) is 5.25. The molecule has 0 unspecified atom stereocenters. The van der Waals surface area contributed by atoms with Crippen molar-refractivity contribution in [2.24, 2.45) is 0 Å². The minimum absolute atomic E-state index is 0.556. The number of aromatic nitrogens is 2. The summed E-state index contributed by atoms with van der Waals surface area (Å²) in [6.07, 6.45) is 4.98. The highest BCUT2D eigenvalue weighted by Crippen LogP contribution is 2.18. The van der Waals surface area contributed by atoms with E-state index in [9.17, 15) is 0 Å². The fourth-order valence-corrected chi connectivity index (χ4v) is 2.21. The van der Waals surface area contributed by atoms with Crippen molar-refractivity contribution in [1.29, 1.82) is 0 Å². The second-order valence-corrected chi connectivity index (χ2v) is 4.31. The number of aryl methyl sites for hydroxylation is 1. The molecule has 0 spiro atoms. The summed E-state index contributed by atoms with van der Waals surface area (Å²) in [7, 11) is 0. The minimum Gasteiger partial charge on any atom is -0.367 e. The molecular weight excluding hydrogens is 200 g/mol. The van der Waals surface area contributed by atoms with Crippen LogP contribution in [0.1, 0.15) is 31.0 Å². The molecule has 1 aromatic heterocycles. The molecule has 0 aromatic carbocycles. The van der Waals surface area contributed by atoms with Crippen LogP contribution < -0.4 is 10.6 Å². The first kappa shape index (κ1) is 11.3. The Morgan fingerprint density at radius 1 is 1.38 bits per heavy atom. The van der Waals surface area contributed by atoms with Crippen LogP contribution in [-0.4, -0.2) is 29.1 Å². The van der Waals surface area contributed by atoms with Crippen molar-refractivity contribution in [2.75, 3.05) is 18.4 Å². The van der Waals surface area contributed by atoms with Crippen LogP contribution in [-0.2, 0) is 6.42 Å². The molecule has 1 fully saturated rings. The lowest BCUT2D eigenvalue weighted by molar-refractivity contribution is 0.478. The summed E-state index contributed by atoms with van der Waals surface area (Å²) in [5.41, 5.74) is 2.34. The van der Waals surface area contributed by atoms with E-state index in [2.05, 4.69) is 27.5 Å². The number of anilines is 1. The topological polar surface area (TPSA) is 49.8 Å². The second-order valence-electron chi connectivity index (χ2n) is 4.31. The number of piperidine rings is 1. The fourth-order valence-electron chi connectivity index (χ4n) is 2.21. The van der Waals surface area contributed by atoms with Crippen LogP contribution in [0.25, 0.3) is 0 Å². The molecule has 2 heterocycles. The monoisotopic (exact) mass is 220 g/mol. The predicted octanol–water partition coefficient (Wildman–Crippen LogP) is 1.51. The van der Waals surface area contributed by atoms with Crippen molar-refractivity contribution in [3.05, 3.63) is 17.6 Å². The van der Waals surface area contributed by atoms with Crippen LogP contribution in [0.2, 0.25) is 0 Å². The number of nitrogens with one attached hydrogen (secondary N) is 2. The van der Waals surface area contributed by atoms with Gasteiger partial charge in [-0.15, -0.1) is 0 Å². The summed E-state index contributed by atoms with van der Waals surface area (Å²) in [6.45, 7) is 6.40. The molecule has 88 valence electrons. The molecule has 16 heavy (non-hydrogen) atoms. The first-order valence-electron chi connectivity index (χ1n) is 6.09. The Morgan fingerprint density at radius 3 is 2.81 bits per heavy atom. The van der Waals surface area contributed by atoms with Crippen LogP contribution in [0.4, 0.5) is 5.82 Å². The zero-order valence-corrected chi connectivity index (χ0v) is 10.1. The van der Waals surface area contributed by atoms with E-state index < -0.39 is 0 Å². The number of nitrogens with zero attached hydrogens (tertiary/aromatic N) is 2. The molecule has 0 saturated carbocycles. The summed E-state index contributed by atoms with van der Waals surface area (Å²) in [6, 6.07) is 0.556. The Bertz CT molecular complexity index is 345. The van der Waals surface area contributed by atoms with E-state index >= 15 is 0 Å². The van der Waals surface area contributed by atoms with Gasteiger partial charge < -0.3 is 10.6 Å². The van der Waals surface area contributed by atoms with E-state index in [1.165, 1.54) is 18.4 Å². The molecule has 1 aromatic rings. The third-order valence-electron chi connectivity index (χ3n) is 3.19. The van der Waals surface area contributed by atoms with Gasteiger partial charge in [-0.1, -0.05) is 6.92 Å². The molecule has 0 bridgehead atoms. The highest BCUT2D eigenvalue weighted by atomic mass is 15.1. The Morgan fingerprint density at radius 2 is 2.12 bits per heavy atom. The van der Waals surface area contributed by atoms with Gasteiger partial charge in [-0.05, 0) is 39.3 Å². The summed E-state index contributed by atoms with van der Waals surface area (Å²) in [5.74, 6) is 1.03. The van der Waals surface area contributed by atoms with E-state index in [4.69, 9.17) is 0 Å². The first-order valence-corrected chi connectivity index (χ1v) is 6.09. The summed E-state index contributed by atoms with van der Waals surface area (Å²) in [5, 5.41) is 6.92. The molecule has 1 aliphatic rings. The van der Waals surface area contributed by atoms with Gasteiger partial charge in [0.2, 0.25) is 0 Å². The minimum atomic E-state index is 0.556. The lowest BCUT2D eigenvalue weighted by atomic mass is 10.1. The van der Waals surface area contributed by atoms with Gasteiger partial charge in [0.05, 0.1) is 0 Å². The first-order chi connectivity index (χ1) is 7.81. The zero-order chi connectivity index (χ0) is 11.4. The summed E-state index contributed by atoms with van der Waals surface area (Å²) in [4.78, 5) is 8.60. The van der Waals surface area contributed by atoms with Crippen LogP contribution in [0.3, 0.4) is 0 Å². The Kier molecular flexibility index (Phi) is 3.72. The highest BCUT2D eigenvalue weighted by Gasteiger charge is 2.15. The van der Waals surface area contributed by atoms with Gasteiger partial charge in [0, 0.05) is 17.3 Å². The van der Waals surface area contributed by atoms with Gasteiger partial charge in [-0.3, -0.25) is 0 Å². The van der Waals surface area contributed by atoms with Crippen molar-refractivity contribution in [1.82, 2.24) is 15.3 Å². The molecule has 4 heteroatoms. The number of hydrogen-bond acceptors (Lipinski definition) is 4. The van der Waals surface area contributed by atoms with Crippen molar-refractivity contribution in [3.63, 3.8) is 0 Å². The van der Waals surface area contributed by atoms with Crippen molar-refractivity contribution in [3.8, 4) is 0 Å². The Balaban J connectivity index is 2.10. The zero-order valence-electron chi connectivity index (χ0n) is 10.1. The van der Waals surface area contributed by atoms with Gasteiger partial charge in [-0.2, -0.15) is 0 Å². The molecule has 0 radical (unpaired) electrons. The molecule has 1 saturated heterocycles. The van der Waals surface area contributed by atoms with E-state index in [1.54, 1.807) is 6.33 Å². The highest BCUT2D eigenvalue weighted by molar-refractivity contribution is 5.46. The number of rotatable bonds is 3. The summed E-state index contributed by atoms with van der Waals surface area (Å²) < 4.78 is 0. The maximum absolute atomic E-state index is 4.36. The van der Waals surface area contributed by atoms with Gasteiger partial charge in [-0.25, -0.2) is 9.97 Å². The maximum atomic E-state index is 4.36. The molecule has 0 amide bonds. The third kappa shape index (κ3) is 2.50. The third-order valence-corrected chi connectivity index (χ3v) is 3.19. The quantitative estimate of drug-likeness (QED) is 0.810. The molecule has 0 atom stereocenters. The van der Waals surface area contributed by atoms with Crippen molar-refractivity contribution < 1.29 is 0 Å². The van der Waals surface area contributed by atoms with E-state index in [0.29, 0.717) is 6.04 Å². The molecule has 2 N–H and O–H groups in total. The molecule has 1 aliphatic heterocycles. The lowest BCUT2D eigenvalue weighted by Gasteiger charge is -2.25. The number of hydrogen-bond donors (Lipinski definition) is 2. The average Bonchev–Trinajstić information content (AvgIpc) is 2.31. The molecule has 4 nitrogen and oxygen atoms in total. The standard InChI is InChI=1S/C12H20N4/c1-3-11-9(2)14-8-15-12(11)16-10-4-6-13-7-5-10/h8,10,13H,3-7H2,1-2H3,(H,14,15,16). The van der Waals surface area contributed by atoms with Crippen LogP contribution in [0.5, 0.6) is 0 Å². The summed E-state index contributed by atoms with van der Waals surface area (Å²) >= 11 is 0. The lowest BCUT2D eigenvalue weighted by Crippen LogP contribution is -2.35. The van der Waals surface area contributed by atoms with E-state index in [-0.39, 0.29) is 0 Å². The van der Waals surface area contributed by atoms with Gasteiger partial charge in [0.25, 0.3) is 0 Å². The van der Waals surface area contributed by atoms with Crippen molar-refractivity contribution in [2.45, 2.75) is 39.2 Å². The smallest absolute Gasteiger partial charge is 0.133 e. The van der Waals surface area contributed by atoms with Gasteiger partial charge in [0.15, 0.2) is 0 Å². The molecule has 2 rings (SSSR count). The van der Waals surface area contributed by atoms with Gasteiger partial charge >= 0.3 is 0 Å². The van der Waals surface area contributed by atoms with Crippen LogP contribution >= 0.6 is 0 Å². The van der Waals surface area contributed by atoms with E-state index in [1.807, 2.05) is 6.92 Å². The Labute approximate surface area is 96.9 Å². The van der Waals surface area contributed by atoms with E-state index in [0.717, 1.165) is 31.0 Å². The van der Waals surface area contributed by atoms with Crippen LogP contribution in [0.15, 0.2) is 6.33 Å². The van der Waals surface area contributed by atoms with Gasteiger partial charge in [0.1, 0.15) is 12.1 Å². The Hall–Kier alpha value is -1.16. The maximum Gasteiger partial charge on any atom is 0.133 e. The fraction of sp³-hybridized carbons (Fsp3) is 0.667. The largest absolute Gasteiger partial charge is 0.367 e. The SMILES string of the molecule is CCc1c(C)ncnc1NC1CCNCC1. The predicted molar refractivity (Wildman–Crippen MR) is 65.7 cm³/mol.